The number of halogens is 1. The molecule has 1 aliphatic heterocycles. The van der Waals surface area contributed by atoms with E-state index in [0.717, 1.165) is 11.1 Å². The molecule has 0 aliphatic carbocycles. The molecular formula is C24H27FN2O3. The van der Waals surface area contributed by atoms with Crippen LogP contribution in [0.2, 0.25) is 0 Å². The molecule has 1 heterocycles. The number of hydrogen-bond acceptors (Lipinski definition) is 4. The van der Waals surface area contributed by atoms with Gasteiger partial charge in [0.25, 0.3) is 0 Å². The number of aryl methyl sites for hydroxylation is 2. The fraction of sp³-hybridized carbons (Fsp3) is 0.375. The number of carbonyl (C=O) groups excluding carboxylic acids is 3. The lowest BCUT2D eigenvalue weighted by molar-refractivity contribution is -0.131. The zero-order valence-corrected chi connectivity index (χ0v) is 17.7. The molecule has 5 nitrogen and oxygen atoms in total. The van der Waals surface area contributed by atoms with Gasteiger partial charge in [-0.2, -0.15) is 0 Å². The highest BCUT2D eigenvalue weighted by Crippen LogP contribution is 2.22. The molecule has 3 rings (SSSR count). The standard InChI is InChI=1S/C24H27FN2O3/c1-16-4-5-20(14-17(16)2)23(29)8-9-24(30)27-12-10-26(11-13-27)22-7-6-19(18(3)28)15-21(22)25/h4-7,14-15H,8-13H2,1-3H3. The molecule has 2 aromatic carbocycles. The van der Waals surface area contributed by atoms with E-state index in [1.54, 1.807) is 23.1 Å². The van der Waals surface area contributed by atoms with Gasteiger partial charge in [0, 0.05) is 50.1 Å². The number of hydrogen-bond donors (Lipinski definition) is 0. The van der Waals surface area contributed by atoms with Crippen molar-refractivity contribution >= 4 is 23.2 Å². The number of amides is 1. The molecule has 0 aromatic heterocycles. The van der Waals surface area contributed by atoms with Crippen molar-refractivity contribution in [2.45, 2.75) is 33.6 Å². The molecule has 0 atom stereocenters. The Kier molecular flexibility index (Phi) is 6.65. The molecular weight excluding hydrogens is 383 g/mol. The van der Waals surface area contributed by atoms with Gasteiger partial charge in [-0.15, -0.1) is 0 Å². The maximum atomic E-state index is 14.4. The smallest absolute Gasteiger partial charge is 0.223 e. The predicted molar refractivity (Wildman–Crippen MR) is 115 cm³/mol. The molecule has 1 fully saturated rings. The lowest BCUT2D eigenvalue weighted by Gasteiger charge is -2.36. The number of anilines is 1. The molecule has 158 valence electrons. The third-order valence-electron chi connectivity index (χ3n) is 5.72. The van der Waals surface area contributed by atoms with Crippen molar-refractivity contribution in [2.75, 3.05) is 31.1 Å². The number of carbonyl (C=O) groups is 3. The van der Waals surface area contributed by atoms with Crippen LogP contribution in [0.4, 0.5) is 10.1 Å². The Hall–Kier alpha value is -3.02. The summed E-state index contributed by atoms with van der Waals surface area (Å²) < 4.78 is 14.4. The molecule has 30 heavy (non-hydrogen) atoms. The Morgan fingerprint density at radius 3 is 2.13 bits per heavy atom. The second-order valence-electron chi connectivity index (χ2n) is 7.81. The van der Waals surface area contributed by atoms with Crippen LogP contribution in [-0.4, -0.2) is 48.6 Å². The first-order chi connectivity index (χ1) is 14.3. The Morgan fingerprint density at radius 2 is 1.53 bits per heavy atom. The highest BCUT2D eigenvalue weighted by molar-refractivity contribution is 5.98. The van der Waals surface area contributed by atoms with Gasteiger partial charge in [0.05, 0.1) is 5.69 Å². The Bertz CT molecular complexity index is 978. The second-order valence-corrected chi connectivity index (χ2v) is 7.81. The lowest BCUT2D eigenvalue weighted by Crippen LogP contribution is -2.49. The first-order valence-electron chi connectivity index (χ1n) is 10.2. The van der Waals surface area contributed by atoms with Crippen LogP contribution in [0, 0.1) is 19.7 Å². The van der Waals surface area contributed by atoms with Crippen LogP contribution >= 0.6 is 0 Å². The number of benzene rings is 2. The summed E-state index contributed by atoms with van der Waals surface area (Å²) in [5.74, 6) is -0.690. The number of rotatable bonds is 6. The van der Waals surface area contributed by atoms with E-state index < -0.39 is 5.82 Å². The van der Waals surface area contributed by atoms with E-state index >= 15 is 0 Å². The van der Waals surface area contributed by atoms with Crippen LogP contribution in [0.15, 0.2) is 36.4 Å². The highest BCUT2D eigenvalue weighted by Gasteiger charge is 2.23. The van der Waals surface area contributed by atoms with Crippen molar-refractivity contribution in [2.24, 2.45) is 0 Å². The van der Waals surface area contributed by atoms with Crippen molar-refractivity contribution < 1.29 is 18.8 Å². The van der Waals surface area contributed by atoms with Crippen molar-refractivity contribution in [3.05, 3.63) is 64.5 Å². The van der Waals surface area contributed by atoms with E-state index in [9.17, 15) is 18.8 Å². The number of nitrogens with zero attached hydrogens (tertiary/aromatic N) is 2. The summed E-state index contributed by atoms with van der Waals surface area (Å²) >= 11 is 0. The minimum Gasteiger partial charge on any atom is -0.366 e. The molecule has 0 unspecified atom stereocenters. The SMILES string of the molecule is CC(=O)c1ccc(N2CCN(C(=O)CCC(=O)c3ccc(C)c(C)c3)CC2)c(F)c1. The van der Waals surface area contributed by atoms with Crippen molar-refractivity contribution in [3.63, 3.8) is 0 Å². The number of Topliss-reactive ketones (excluding diaryl/α,β-unsaturated/α-hetero) is 2. The zero-order chi connectivity index (χ0) is 21.8. The summed E-state index contributed by atoms with van der Waals surface area (Å²) in [6.07, 6.45) is 0.357. The molecule has 1 aliphatic rings. The van der Waals surface area contributed by atoms with Crippen molar-refractivity contribution in [1.29, 1.82) is 0 Å². The molecule has 0 bridgehead atoms. The monoisotopic (exact) mass is 410 g/mol. The maximum Gasteiger partial charge on any atom is 0.223 e. The quantitative estimate of drug-likeness (QED) is 0.677. The summed E-state index contributed by atoms with van der Waals surface area (Å²) in [4.78, 5) is 39.9. The van der Waals surface area contributed by atoms with E-state index in [0.29, 0.717) is 43.0 Å². The van der Waals surface area contributed by atoms with Gasteiger partial charge in [-0.05, 0) is 56.2 Å². The third kappa shape index (κ3) is 4.93. The molecule has 1 saturated heterocycles. The van der Waals surface area contributed by atoms with Crippen LogP contribution in [0.1, 0.15) is 51.6 Å². The second kappa shape index (κ2) is 9.20. The molecule has 0 spiro atoms. The molecule has 6 heteroatoms. The van der Waals surface area contributed by atoms with Gasteiger partial charge in [0.1, 0.15) is 5.82 Å². The summed E-state index contributed by atoms with van der Waals surface area (Å²) in [5.41, 5.74) is 3.62. The van der Waals surface area contributed by atoms with E-state index in [-0.39, 0.29) is 30.3 Å². The highest BCUT2D eigenvalue weighted by atomic mass is 19.1. The molecule has 2 aromatic rings. The van der Waals surface area contributed by atoms with Crippen LogP contribution < -0.4 is 4.90 Å². The maximum absolute atomic E-state index is 14.4. The Morgan fingerprint density at radius 1 is 0.867 bits per heavy atom. The van der Waals surface area contributed by atoms with Gasteiger partial charge in [0.2, 0.25) is 5.91 Å². The van der Waals surface area contributed by atoms with E-state index in [1.165, 1.54) is 13.0 Å². The third-order valence-corrected chi connectivity index (χ3v) is 5.72. The molecule has 0 radical (unpaired) electrons. The van der Waals surface area contributed by atoms with Gasteiger partial charge in [-0.25, -0.2) is 4.39 Å². The van der Waals surface area contributed by atoms with Gasteiger partial charge in [-0.3, -0.25) is 14.4 Å². The van der Waals surface area contributed by atoms with Crippen LogP contribution in [0.5, 0.6) is 0 Å². The fourth-order valence-electron chi connectivity index (χ4n) is 3.62. The average Bonchev–Trinajstić information content (AvgIpc) is 2.73. The fourth-order valence-corrected chi connectivity index (χ4v) is 3.62. The average molecular weight is 410 g/mol. The topological polar surface area (TPSA) is 57.7 Å². The van der Waals surface area contributed by atoms with E-state index in [1.807, 2.05) is 30.9 Å². The summed E-state index contributed by atoms with van der Waals surface area (Å²) in [6.45, 7) is 7.34. The minimum absolute atomic E-state index is 0.0299. The van der Waals surface area contributed by atoms with Crippen LogP contribution in [0.3, 0.4) is 0 Å². The molecule has 0 saturated carbocycles. The minimum atomic E-state index is -0.429. The summed E-state index contributed by atoms with van der Waals surface area (Å²) in [7, 11) is 0. The van der Waals surface area contributed by atoms with Gasteiger partial charge < -0.3 is 9.80 Å². The number of ketones is 2. The largest absolute Gasteiger partial charge is 0.366 e. The molecule has 0 N–H and O–H groups in total. The molecule has 1 amide bonds. The normalized spacial score (nSPS) is 14.0. The van der Waals surface area contributed by atoms with E-state index in [4.69, 9.17) is 0 Å². The lowest BCUT2D eigenvalue weighted by atomic mass is 10.0. The Balaban J connectivity index is 1.52. The summed E-state index contributed by atoms with van der Waals surface area (Å²) in [5, 5.41) is 0. The Labute approximate surface area is 176 Å². The first kappa shape index (κ1) is 21.7. The van der Waals surface area contributed by atoms with Crippen molar-refractivity contribution in [1.82, 2.24) is 4.90 Å². The first-order valence-corrected chi connectivity index (χ1v) is 10.2. The van der Waals surface area contributed by atoms with Gasteiger partial charge in [0.15, 0.2) is 11.6 Å². The van der Waals surface area contributed by atoms with Gasteiger partial charge in [-0.1, -0.05) is 12.1 Å². The van der Waals surface area contributed by atoms with Crippen LogP contribution in [0.25, 0.3) is 0 Å². The van der Waals surface area contributed by atoms with Crippen LogP contribution in [-0.2, 0) is 4.79 Å². The summed E-state index contributed by atoms with van der Waals surface area (Å²) in [6, 6.07) is 10.1. The van der Waals surface area contributed by atoms with Crippen molar-refractivity contribution in [3.8, 4) is 0 Å². The predicted octanol–water partition coefficient (Wildman–Crippen LogP) is 3.96. The number of piperazine rings is 1. The zero-order valence-electron chi connectivity index (χ0n) is 17.7. The van der Waals surface area contributed by atoms with E-state index in [2.05, 4.69) is 0 Å². The van der Waals surface area contributed by atoms with Gasteiger partial charge >= 0.3 is 0 Å².